The van der Waals surface area contributed by atoms with Crippen LogP contribution in [0.3, 0.4) is 0 Å². The van der Waals surface area contributed by atoms with Crippen molar-refractivity contribution in [3.05, 3.63) is 29.7 Å². The van der Waals surface area contributed by atoms with Crippen molar-refractivity contribution in [1.29, 1.82) is 0 Å². The number of carbonyl (C=O) groups is 1. The van der Waals surface area contributed by atoms with Crippen molar-refractivity contribution in [2.75, 3.05) is 0 Å². The van der Waals surface area contributed by atoms with Gasteiger partial charge in [-0.05, 0) is 25.0 Å². The highest BCUT2D eigenvalue weighted by Crippen LogP contribution is 2.21. The maximum Gasteiger partial charge on any atom is 0.253 e. The lowest BCUT2D eigenvalue weighted by Crippen LogP contribution is -2.36. The summed E-state index contributed by atoms with van der Waals surface area (Å²) in [5, 5.41) is 3.12. The summed E-state index contributed by atoms with van der Waals surface area (Å²) in [6.07, 6.45) is 5.86. The maximum absolute atomic E-state index is 12.3. The van der Waals surface area contributed by atoms with Crippen LogP contribution >= 0.6 is 0 Å². The van der Waals surface area contributed by atoms with Gasteiger partial charge in [-0.25, -0.2) is 4.98 Å². The predicted molar refractivity (Wildman–Crippen MR) is 73.1 cm³/mol. The highest BCUT2D eigenvalue weighted by atomic mass is 16.3. The molecule has 100 valence electrons. The van der Waals surface area contributed by atoms with E-state index in [2.05, 4.69) is 10.3 Å². The van der Waals surface area contributed by atoms with Crippen LogP contribution in [-0.4, -0.2) is 16.9 Å². The molecule has 0 atom stereocenters. The Morgan fingerprint density at radius 2 is 2.11 bits per heavy atom. The molecule has 1 saturated carbocycles. The summed E-state index contributed by atoms with van der Waals surface area (Å²) in [5.74, 6) is 0.554. The maximum atomic E-state index is 12.3. The third-order valence-corrected chi connectivity index (χ3v) is 3.71. The Hall–Kier alpha value is -1.84. The number of carbonyl (C=O) groups excluding carboxylic acids is 1. The number of rotatable bonds is 2. The second kappa shape index (κ2) is 5.03. The summed E-state index contributed by atoms with van der Waals surface area (Å²) in [4.78, 5) is 16.6. The zero-order chi connectivity index (χ0) is 13.2. The first kappa shape index (κ1) is 12.2. The summed E-state index contributed by atoms with van der Waals surface area (Å²) in [5.41, 5.74) is 1.95. The third-order valence-electron chi connectivity index (χ3n) is 3.71. The summed E-state index contributed by atoms with van der Waals surface area (Å²) in [6, 6.07) is 5.79. The van der Waals surface area contributed by atoms with Gasteiger partial charge in [-0.1, -0.05) is 25.3 Å². The Balaban J connectivity index is 1.84. The zero-order valence-corrected chi connectivity index (χ0v) is 11.1. The molecule has 1 fully saturated rings. The number of hydrogen-bond acceptors (Lipinski definition) is 3. The molecule has 0 aliphatic heterocycles. The molecule has 2 aromatic rings. The van der Waals surface area contributed by atoms with Gasteiger partial charge in [0.2, 0.25) is 0 Å². The number of oxazole rings is 1. The molecule has 0 bridgehead atoms. The number of amides is 1. The van der Waals surface area contributed by atoms with Crippen LogP contribution in [0.2, 0.25) is 0 Å². The first-order valence-corrected chi connectivity index (χ1v) is 6.91. The molecule has 1 aliphatic carbocycles. The van der Waals surface area contributed by atoms with Crippen LogP contribution < -0.4 is 5.32 Å². The fraction of sp³-hybridized carbons (Fsp3) is 0.467. The molecule has 1 heterocycles. The van der Waals surface area contributed by atoms with Gasteiger partial charge in [-0.3, -0.25) is 4.79 Å². The van der Waals surface area contributed by atoms with E-state index in [0.29, 0.717) is 28.6 Å². The molecule has 1 aliphatic rings. The second-order valence-corrected chi connectivity index (χ2v) is 5.19. The summed E-state index contributed by atoms with van der Waals surface area (Å²) in [6.45, 7) is 1.79. The van der Waals surface area contributed by atoms with Crippen molar-refractivity contribution in [3.63, 3.8) is 0 Å². The first-order chi connectivity index (χ1) is 9.24. The van der Waals surface area contributed by atoms with E-state index >= 15 is 0 Å². The second-order valence-electron chi connectivity index (χ2n) is 5.19. The van der Waals surface area contributed by atoms with Crippen LogP contribution in [0.15, 0.2) is 22.6 Å². The summed E-state index contributed by atoms with van der Waals surface area (Å²) >= 11 is 0. The molecular formula is C15H18N2O2. The highest BCUT2D eigenvalue weighted by Gasteiger charge is 2.19. The minimum absolute atomic E-state index is 0.0363. The fourth-order valence-electron chi connectivity index (χ4n) is 2.75. The lowest BCUT2D eigenvalue weighted by Gasteiger charge is -2.22. The number of nitrogens with zero attached hydrogens (tertiary/aromatic N) is 1. The van der Waals surface area contributed by atoms with Gasteiger partial charge < -0.3 is 9.73 Å². The van der Waals surface area contributed by atoms with Crippen LogP contribution in [-0.2, 0) is 0 Å². The van der Waals surface area contributed by atoms with Gasteiger partial charge in [0.15, 0.2) is 11.5 Å². The van der Waals surface area contributed by atoms with Crippen molar-refractivity contribution < 1.29 is 9.21 Å². The van der Waals surface area contributed by atoms with Crippen LogP contribution in [0.25, 0.3) is 11.1 Å². The van der Waals surface area contributed by atoms with E-state index in [1.807, 2.05) is 18.2 Å². The number of para-hydroxylation sites is 1. The van der Waals surface area contributed by atoms with Crippen molar-refractivity contribution >= 4 is 17.0 Å². The number of aromatic nitrogens is 1. The minimum atomic E-state index is -0.0363. The molecule has 0 unspecified atom stereocenters. The molecule has 0 spiro atoms. The van der Waals surface area contributed by atoms with E-state index in [4.69, 9.17) is 4.42 Å². The van der Waals surface area contributed by atoms with Crippen LogP contribution in [0, 0.1) is 6.92 Å². The number of benzene rings is 1. The Labute approximate surface area is 112 Å². The Bertz CT molecular complexity index is 597. The molecule has 1 aromatic carbocycles. The number of hydrogen-bond donors (Lipinski definition) is 1. The number of nitrogens with one attached hydrogen (secondary N) is 1. The highest BCUT2D eigenvalue weighted by molar-refractivity contribution is 6.04. The molecule has 1 N–H and O–H groups in total. The molecule has 19 heavy (non-hydrogen) atoms. The Kier molecular flexibility index (Phi) is 3.23. The third kappa shape index (κ3) is 2.48. The van der Waals surface area contributed by atoms with Crippen LogP contribution in [0.1, 0.15) is 48.4 Å². The van der Waals surface area contributed by atoms with E-state index < -0.39 is 0 Å². The van der Waals surface area contributed by atoms with E-state index in [-0.39, 0.29) is 5.91 Å². The average Bonchev–Trinajstić information content (AvgIpc) is 2.79. The van der Waals surface area contributed by atoms with Crippen molar-refractivity contribution in [2.45, 2.75) is 45.1 Å². The zero-order valence-electron chi connectivity index (χ0n) is 11.1. The molecule has 1 aromatic heterocycles. The Morgan fingerprint density at radius 1 is 1.32 bits per heavy atom. The smallest absolute Gasteiger partial charge is 0.253 e. The number of fused-ring (bicyclic) bond motifs is 1. The van der Waals surface area contributed by atoms with E-state index in [9.17, 15) is 4.79 Å². The standard InChI is InChI=1S/C15H18N2O2/c1-10-16-14-12(8-5-9-13(14)19-10)15(18)17-11-6-3-2-4-7-11/h5,8-9,11H,2-4,6-7H2,1H3,(H,17,18). The number of aryl methyl sites for hydroxylation is 1. The van der Waals surface area contributed by atoms with Crippen molar-refractivity contribution in [3.8, 4) is 0 Å². The monoisotopic (exact) mass is 258 g/mol. The van der Waals surface area contributed by atoms with E-state index in [1.165, 1.54) is 19.3 Å². The van der Waals surface area contributed by atoms with Gasteiger partial charge in [0.1, 0.15) is 5.52 Å². The Morgan fingerprint density at radius 3 is 2.89 bits per heavy atom. The quantitative estimate of drug-likeness (QED) is 0.900. The largest absolute Gasteiger partial charge is 0.441 e. The van der Waals surface area contributed by atoms with E-state index in [0.717, 1.165) is 12.8 Å². The minimum Gasteiger partial charge on any atom is -0.441 e. The molecule has 1 amide bonds. The lowest BCUT2D eigenvalue weighted by atomic mass is 9.95. The van der Waals surface area contributed by atoms with Gasteiger partial charge in [0.05, 0.1) is 5.56 Å². The van der Waals surface area contributed by atoms with Gasteiger partial charge in [-0.15, -0.1) is 0 Å². The SMILES string of the molecule is Cc1nc2c(C(=O)NC3CCCCC3)cccc2o1. The summed E-state index contributed by atoms with van der Waals surface area (Å²) < 4.78 is 5.46. The summed E-state index contributed by atoms with van der Waals surface area (Å²) in [7, 11) is 0. The van der Waals surface area contributed by atoms with Gasteiger partial charge in [-0.2, -0.15) is 0 Å². The molecule has 4 heteroatoms. The molecule has 0 saturated heterocycles. The van der Waals surface area contributed by atoms with Crippen molar-refractivity contribution in [1.82, 2.24) is 10.3 Å². The van der Waals surface area contributed by atoms with Crippen LogP contribution in [0.4, 0.5) is 0 Å². The van der Waals surface area contributed by atoms with Gasteiger partial charge >= 0.3 is 0 Å². The van der Waals surface area contributed by atoms with E-state index in [1.54, 1.807) is 6.92 Å². The molecule has 4 nitrogen and oxygen atoms in total. The van der Waals surface area contributed by atoms with Crippen LogP contribution in [0.5, 0.6) is 0 Å². The lowest BCUT2D eigenvalue weighted by molar-refractivity contribution is 0.0929. The van der Waals surface area contributed by atoms with Gasteiger partial charge in [0, 0.05) is 13.0 Å². The topological polar surface area (TPSA) is 55.1 Å². The van der Waals surface area contributed by atoms with Gasteiger partial charge in [0.25, 0.3) is 5.91 Å². The average molecular weight is 258 g/mol. The predicted octanol–water partition coefficient (Wildman–Crippen LogP) is 3.20. The fourth-order valence-corrected chi connectivity index (χ4v) is 2.75. The molecule has 0 radical (unpaired) electrons. The molecule has 3 rings (SSSR count). The van der Waals surface area contributed by atoms with Crippen molar-refractivity contribution in [2.24, 2.45) is 0 Å². The normalized spacial score (nSPS) is 16.7. The molecular weight excluding hydrogens is 240 g/mol. The first-order valence-electron chi connectivity index (χ1n) is 6.91.